The first-order chi connectivity index (χ1) is 14.5. The average molecular weight is 429 g/mol. The molecule has 3 aromatic rings. The molecule has 1 unspecified atom stereocenters. The van der Waals surface area contributed by atoms with E-state index in [1.54, 1.807) is 38.6 Å². The molecule has 0 bridgehead atoms. The zero-order valence-corrected chi connectivity index (χ0v) is 17.9. The molecule has 3 rings (SSSR count). The third-order valence-electron chi connectivity index (χ3n) is 4.70. The van der Waals surface area contributed by atoms with Crippen LogP contribution in [0.5, 0.6) is 11.5 Å². The van der Waals surface area contributed by atoms with Crippen LogP contribution in [0.3, 0.4) is 0 Å². The summed E-state index contributed by atoms with van der Waals surface area (Å²) in [6.45, 7) is 0.429. The highest BCUT2D eigenvalue weighted by molar-refractivity contribution is 6.30. The second kappa shape index (κ2) is 10.0. The van der Waals surface area contributed by atoms with Crippen LogP contribution < -0.4 is 20.1 Å². The molecule has 0 aliphatic carbocycles. The Morgan fingerprint density at radius 1 is 1.17 bits per heavy atom. The molecule has 0 radical (unpaired) electrons. The molecule has 1 heterocycles. The zero-order valence-electron chi connectivity index (χ0n) is 17.2. The van der Waals surface area contributed by atoms with Gasteiger partial charge < -0.3 is 24.7 Å². The molecule has 2 N–H and O–H groups in total. The minimum absolute atomic E-state index is 0.104. The van der Waals surface area contributed by atoms with Crippen LogP contribution in [-0.4, -0.2) is 36.2 Å². The number of aromatic nitrogens is 2. The van der Waals surface area contributed by atoms with E-state index in [1.807, 2.05) is 42.1 Å². The molecule has 0 spiro atoms. The number of hydrogen-bond acceptors (Lipinski definition) is 5. The van der Waals surface area contributed by atoms with Crippen molar-refractivity contribution in [1.82, 2.24) is 14.9 Å². The van der Waals surface area contributed by atoms with Crippen LogP contribution in [0.4, 0.5) is 5.69 Å². The fraction of sp³-hybridized carbons (Fsp3) is 0.273. The molecule has 0 saturated carbocycles. The normalized spacial score (nSPS) is 11.6. The van der Waals surface area contributed by atoms with Gasteiger partial charge in [-0.15, -0.1) is 0 Å². The first-order valence-corrected chi connectivity index (χ1v) is 9.87. The lowest BCUT2D eigenvalue weighted by atomic mass is 10.1. The van der Waals surface area contributed by atoms with Crippen molar-refractivity contribution >= 4 is 23.2 Å². The number of rotatable bonds is 9. The van der Waals surface area contributed by atoms with E-state index < -0.39 is 0 Å². The van der Waals surface area contributed by atoms with Gasteiger partial charge in [-0.05, 0) is 35.9 Å². The number of nitrogens with zero attached hydrogens (tertiary/aromatic N) is 2. The second-order valence-electron chi connectivity index (χ2n) is 6.69. The Hall–Kier alpha value is -3.19. The molecule has 0 aliphatic heterocycles. The van der Waals surface area contributed by atoms with E-state index in [-0.39, 0.29) is 18.4 Å². The van der Waals surface area contributed by atoms with E-state index in [0.717, 1.165) is 22.8 Å². The molecule has 8 heteroatoms. The summed E-state index contributed by atoms with van der Waals surface area (Å²) >= 11 is 6.05. The van der Waals surface area contributed by atoms with Gasteiger partial charge in [0.25, 0.3) is 0 Å². The van der Waals surface area contributed by atoms with Crippen LogP contribution in [-0.2, 0) is 11.8 Å². The smallest absolute Gasteiger partial charge is 0.222 e. The van der Waals surface area contributed by atoms with Gasteiger partial charge in [-0.3, -0.25) is 4.79 Å². The third-order valence-corrected chi connectivity index (χ3v) is 4.94. The third kappa shape index (κ3) is 5.24. The summed E-state index contributed by atoms with van der Waals surface area (Å²) in [7, 11) is 5.11. The number of amides is 1. The van der Waals surface area contributed by atoms with Crippen LogP contribution in [0.2, 0.25) is 5.02 Å². The summed E-state index contributed by atoms with van der Waals surface area (Å²) in [6.07, 6.45) is 3.84. The van der Waals surface area contributed by atoms with Gasteiger partial charge in [-0.25, -0.2) is 4.98 Å². The monoisotopic (exact) mass is 428 g/mol. The zero-order chi connectivity index (χ0) is 21.5. The Labute approximate surface area is 181 Å². The molecule has 1 atom stereocenters. The molecular weight excluding hydrogens is 404 g/mol. The molecule has 0 aliphatic rings. The maximum atomic E-state index is 12.7. The molecule has 158 valence electrons. The van der Waals surface area contributed by atoms with Gasteiger partial charge in [0, 0.05) is 37.4 Å². The van der Waals surface area contributed by atoms with Crippen LogP contribution in [0, 0.1) is 0 Å². The maximum Gasteiger partial charge on any atom is 0.222 e. The van der Waals surface area contributed by atoms with E-state index in [4.69, 9.17) is 21.1 Å². The predicted molar refractivity (Wildman–Crippen MR) is 117 cm³/mol. The average Bonchev–Trinajstić information content (AvgIpc) is 3.18. The minimum atomic E-state index is -0.371. The predicted octanol–water partition coefficient (Wildman–Crippen LogP) is 3.80. The highest BCUT2D eigenvalue weighted by Gasteiger charge is 2.20. The number of carbonyl (C=O) groups excluding carboxylic acids is 1. The van der Waals surface area contributed by atoms with Gasteiger partial charge in [0.15, 0.2) is 0 Å². The number of methoxy groups -OCH3 is 2. The summed E-state index contributed by atoms with van der Waals surface area (Å²) < 4.78 is 12.4. The lowest BCUT2D eigenvalue weighted by Crippen LogP contribution is -2.32. The Morgan fingerprint density at radius 3 is 2.57 bits per heavy atom. The van der Waals surface area contributed by atoms with E-state index >= 15 is 0 Å². The van der Waals surface area contributed by atoms with Crippen molar-refractivity contribution < 1.29 is 14.3 Å². The van der Waals surface area contributed by atoms with Crippen LogP contribution in [0.15, 0.2) is 54.9 Å². The summed E-state index contributed by atoms with van der Waals surface area (Å²) in [5.41, 5.74) is 1.66. The highest BCUT2D eigenvalue weighted by Crippen LogP contribution is 2.27. The van der Waals surface area contributed by atoms with Crippen molar-refractivity contribution in [2.24, 2.45) is 7.05 Å². The lowest BCUT2D eigenvalue weighted by Gasteiger charge is -2.20. The minimum Gasteiger partial charge on any atom is -0.497 e. The van der Waals surface area contributed by atoms with E-state index in [2.05, 4.69) is 15.6 Å². The van der Waals surface area contributed by atoms with Crippen molar-refractivity contribution in [2.75, 3.05) is 26.1 Å². The molecule has 7 nitrogen and oxygen atoms in total. The van der Waals surface area contributed by atoms with Crippen molar-refractivity contribution in [3.63, 3.8) is 0 Å². The van der Waals surface area contributed by atoms with E-state index in [1.165, 1.54) is 0 Å². The van der Waals surface area contributed by atoms with Crippen molar-refractivity contribution in [2.45, 2.75) is 12.5 Å². The van der Waals surface area contributed by atoms with E-state index in [0.29, 0.717) is 17.3 Å². The van der Waals surface area contributed by atoms with Crippen molar-refractivity contribution in [3.8, 4) is 11.5 Å². The number of aryl methyl sites for hydroxylation is 1. The van der Waals surface area contributed by atoms with E-state index in [9.17, 15) is 4.79 Å². The molecule has 0 saturated heterocycles. The first-order valence-electron chi connectivity index (χ1n) is 9.49. The molecule has 1 aromatic heterocycles. The molecule has 2 aromatic carbocycles. The number of imidazole rings is 1. The van der Waals surface area contributed by atoms with Gasteiger partial charge in [-0.2, -0.15) is 0 Å². The number of ether oxygens (including phenoxy) is 2. The summed E-state index contributed by atoms with van der Waals surface area (Å²) in [4.78, 5) is 17.1. The quantitative estimate of drug-likeness (QED) is 0.542. The van der Waals surface area contributed by atoms with Crippen molar-refractivity contribution in [3.05, 3.63) is 71.3 Å². The molecular formula is C22H25ClN4O3. The van der Waals surface area contributed by atoms with Gasteiger partial charge in [0.2, 0.25) is 5.91 Å². The number of halogens is 1. The Kier molecular flexibility index (Phi) is 7.19. The Morgan fingerprint density at radius 2 is 1.93 bits per heavy atom. The standard InChI is InChI=1S/C22H25ClN4O3/c1-27-13-12-25-22(27)21(15-4-7-17(29-2)8-5-15)26-20(28)10-11-24-18-14-16(23)6-9-19(18)30-3/h4-9,12-14,21,24H,10-11H2,1-3H3,(H,26,28). The highest BCUT2D eigenvalue weighted by atomic mass is 35.5. The second-order valence-corrected chi connectivity index (χ2v) is 7.13. The Bertz CT molecular complexity index is 988. The number of anilines is 1. The summed E-state index contributed by atoms with van der Waals surface area (Å²) in [5.74, 6) is 2.07. The van der Waals surface area contributed by atoms with Crippen LogP contribution in [0.1, 0.15) is 23.9 Å². The number of hydrogen-bond donors (Lipinski definition) is 2. The molecule has 0 fully saturated rings. The lowest BCUT2D eigenvalue weighted by molar-refractivity contribution is -0.121. The largest absolute Gasteiger partial charge is 0.497 e. The fourth-order valence-corrected chi connectivity index (χ4v) is 3.28. The SMILES string of the molecule is COc1ccc(C(NC(=O)CCNc2cc(Cl)ccc2OC)c2nccn2C)cc1. The Balaban J connectivity index is 1.68. The summed E-state index contributed by atoms with van der Waals surface area (Å²) in [5, 5.41) is 6.88. The van der Waals surface area contributed by atoms with Gasteiger partial charge in [0.05, 0.1) is 19.9 Å². The van der Waals surface area contributed by atoms with Crippen LogP contribution in [0.25, 0.3) is 0 Å². The topological polar surface area (TPSA) is 77.4 Å². The van der Waals surface area contributed by atoms with Crippen molar-refractivity contribution in [1.29, 1.82) is 0 Å². The molecule has 1 amide bonds. The van der Waals surface area contributed by atoms with Gasteiger partial charge in [0.1, 0.15) is 23.4 Å². The maximum absolute atomic E-state index is 12.7. The number of nitrogens with one attached hydrogen (secondary N) is 2. The fourth-order valence-electron chi connectivity index (χ4n) is 3.11. The van der Waals surface area contributed by atoms with Gasteiger partial charge in [-0.1, -0.05) is 23.7 Å². The van der Waals surface area contributed by atoms with Crippen LogP contribution >= 0.6 is 11.6 Å². The summed E-state index contributed by atoms with van der Waals surface area (Å²) in [6, 6.07) is 12.5. The number of carbonyl (C=O) groups is 1. The molecule has 30 heavy (non-hydrogen) atoms. The first kappa shape index (κ1) is 21.5. The number of benzene rings is 2. The van der Waals surface area contributed by atoms with Gasteiger partial charge >= 0.3 is 0 Å².